The Bertz CT molecular complexity index is 450. The maximum Gasteiger partial charge on any atom is 0.151 e. The normalized spacial score (nSPS) is 11.1. The largest absolute Gasteiger partial charge is 0.228 e. The second-order valence-electron chi connectivity index (χ2n) is 2.95. The van der Waals surface area contributed by atoms with Gasteiger partial charge in [0.15, 0.2) is 4.34 Å². The third-order valence-electron chi connectivity index (χ3n) is 1.93. The van der Waals surface area contributed by atoms with E-state index < -0.39 is 0 Å². The minimum atomic E-state index is 1.09. The quantitative estimate of drug-likeness (QED) is 0.746. The lowest BCUT2D eigenvalue weighted by Crippen LogP contribution is -1.76. The summed E-state index contributed by atoms with van der Waals surface area (Å²) in [6.45, 7) is 4.34. The predicted octanol–water partition coefficient (Wildman–Crippen LogP) is 4.52. The molecule has 0 aliphatic rings. The van der Waals surface area contributed by atoms with Crippen molar-refractivity contribution in [3.05, 3.63) is 18.2 Å². The minimum absolute atomic E-state index is 1.09. The monoisotopic (exact) mass is 255 g/mol. The van der Waals surface area contributed by atoms with Gasteiger partial charge >= 0.3 is 0 Å². The van der Waals surface area contributed by atoms with E-state index in [0.717, 1.165) is 11.5 Å². The van der Waals surface area contributed by atoms with Gasteiger partial charge in [0.25, 0.3) is 0 Å². The second kappa shape index (κ2) is 5.23. The molecule has 0 aliphatic carbocycles. The van der Waals surface area contributed by atoms with E-state index in [1.54, 1.807) is 11.3 Å². The molecule has 0 saturated heterocycles. The highest BCUT2D eigenvalue weighted by Crippen LogP contribution is 2.34. The number of hydrogen-bond acceptors (Lipinski definition) is 4. The molecule has 0 fully saturated rings. The van der Waals surface area contributed by atoms with Gasteiger partial charge in [-0.1, -0.05) is 31.7 Å². The van der Waals surface area contributed by atoms with Crippen molar-refractivity contribution in [1.82, 2.24) is 4.98 Å². The van der Waals surface area contributed by atoms with Crippen LogP contribution in [0, 0.1) is 0 Å². The van der Waals surface area contributed by atoms with E-state index in [1.165, 1.54) is 19.5 Å². The topological polar surface area (TPSA) is 12.9 Å². The summed E-state index contributed by atoms with van der Waals surface area (Å²) in [5.74, 6) is 2.20. The number of rotatable bonds is 4. The van der Waals surface area contributed by atoms with E-state index in [-0.39, 0.29) is 0 Å². The first-order valence-corrected chi connectivity index (χ1v) is 7.79. The third kappa shape index (κ3) is 2.49. The van der Waals surface area contributed by atoms with Gasteiger partial charge in [0, 0.05) is 4.90 Å². The highest BCUT2D eigenvalue weighted by molar-refractivity contribution is 8.01. The van der Waals surface area contributed by atoms with Crippen molar-refractivity contribution in [2.75, 3.05) is 11.5 Å². The fourth-order valence-corrected chi connectivity index (χ4v) is 4.19. The molecule has 1 aromatic heterocycles. The highest BCUT2D eigenvalue weighted by atomic mass is 32.2. The molecule has 80 valence electrons. The van der Waals surface area contributed by atoms with Crippen LogP contribution in [0.25, 0.3) is 10.2 Å². The van der Waals surface area contributed by atoms with Crippen LogP contribution in [0.2, 0.25) is 0 Å². The average molecular weight is 255 g/mol. The van der Waals surface area contributed by atoms with Crippen molar-refractivity contribution >= 4 is 45.1 Å². The van der Waals surface area contributed by atoms with Crippen LogP contribution in [0.1, 0.15) is 13.8 Å². The second-order valence-corrected chi connectivity index (χ2v) is 6.80. The van der Waals surface area contributed by atoms with Crippen LogP contribution in [0.15, 0.2) is 27.4 Å². The Morgan fingerprint density at radius 1 is 1.20 bits per heavy atom. The maximum atomic E-state index is 4.68. The summed E-state index contributed by atoms with van der Waals surface area (Å²) in [6.07, 6.45) is 0. The Kier molecular flexibility index (Phi) is 3.94. The molecule has 0 saturated carbocycles. The summed E-state index contributed by atoms with van der Waals surface area (Å²) >= 11 is 5.50. The summed E-state index contributed by atoms with van der Waals surface area (Å²) in [7, 11) is 0. The van der Waals surface area contributed by atoms with Crippen molar-refractivity contribution < 1.29 is 0 Å². The highest BCUT2D eigenvalue weighted by Gasteiger charge is 2.07. The molecule has 1 nitrogen and oxygen atoms in total. The molecule has 0 bridgehead atoms. The van der Waals surface area contributed by atoms with Gasteiger partial charge < -0.3 is 0 Å². The predicted molar refractivity (Wildman–Crippen MR) is 72.4 cm³/mol. The van der Waals surface area contributed by atoms with E-state index >= 15 is 0 Å². The molecule has 0 atom stereocenters. The molecule has 1 heterocycles. The average Bonchev–Trinajstić information content (AvgIpc) is 2.62. The van der Waals surface area contributed by atoms with Crippen LogP contribution in [-0.4, -0.2) is 16.5 Å². The zero-order valence-electron chi connectivity index (χ0n) is 8.82. The van der Waals surface area contributed by atoms with Crippen LogP contribution in [0.5, 0.6) is 0 Å². The molecule has 0 spiro atoms. The van der Waals surface area contributed by atoms with Crippen LogP contribution in [-0.2, 0) is 0 Å². The number of aromatic nitrogens is 1. The van der Waals surface area contributed by atoms with Gasteiger partial charge in [0.1, 0.15) is 0 Å². The number of thiazole rings is 1. The fraction of sp³-hybridized carbons (Fsp3) is 0.364. The van der Waals surface area contributed by atoms with Crippen LogP contribution in [0.3, 0.4) is 0 Å². The number of fused-ring (bicyclic) bond motifs is 1. The molecular formula is C11H13NS3. The Hall–Kier alpha value is -0.190. The van der Waals surface area contributed by atoms with Gasteiger partial charge in [0.05, 0.1) is 10.2 Å². The number of thioether (sulfide) groups is 2. The zero-order valence-corrected chi connectivity index (χ0v) is 11.3. The van der Waals surface area contributed by atoms with Crippen LogP contribution in [0.4, 0.5) is 0 Å². The molecule has 0 aliphatic heterocycles. The van der Waals surface area contributed by atoms with Crippen molar-refractivity contribution in [3.63, 3.8) is 0 Å². The van der Waals surface area contributed by atoms with E-state index in [1.807, 2.05) is 23.5 Å². The molecule has 0 amide bonds. The third-order valence-corrected chi connectivity index (χ3v) is 4.90. The molecule has 0 N–H and O–H groups in total. The summed E-state index contributed by atoms with van der Waals surface area (Å²) < 4.78 is 2.50. The van der Waals surface area contributed by atoms with Crippen LogP contribution < -0.4 is 0 Å². The molecule has 2 rings (SSSR count). The first kappa shape index (κ1) is 11.3. The molecule has 15 heavy (non-hydrogen) atoms. The van der Waals surface area contributed by atoms with Gasteiger partial charge in [-0.05, 0) is 23.6 Å². The lowest BCUT2D eigenvalue weighted by Gasteiger charge is -1.97. The van der Waals surface area contributed by atoms with Gasteiger partial charge in [-0.2, -0.15) is 0 Å². The van der Waals surface area contributed by atoms with Crippen molar-refractivity contribution in [2.24, 2.45) is 0 Å². The molecule has 0 unspecified atom stereocenters. The number of para-hydroxylation sites is 1. The molecule has 0 radical (unpaired) electrons. The smallest absolute Gasteiger partial charge is 0.151 e. The first-order chi connectivity index (χ1) is 7.35. The SMILES string of the molecule is CCSc1nc2c(SCC)cccc2s1. The van der Waals surface area contributed by atoms with Crippen molar-refractivity contribution in [2.45, 2.75) is 23.1 Å². The molecule has 1 aromatic carbocycles. The standard InChI is InChI=1S/C11H13NS3/c1-3-13-8-6-5-7-9-10(8)12-11(15-9)14-4-2/h5-7H,3-4H2,1-2H3. The van der Waals surface area contributed by atoms with Gasteiger partial charge in [-0.25, -0.2) is 4.98 Å². The summed E-state index contributed by atoms with van der Waals surface area (Å²) in [6, 6.07) is 6.45. The Morgan fingerprint density at radius 3 is 2.73 bits per heavy atom. The molecule has 4 heteroatoms. The van der Waals surface area contributed by atoms with E-state index in [9.17, 15) is 0 Å². The lowest BCUT2D eigenvalue weighted by atomic mass is 10.3. The molecule has 2 aromatic rings. The van der Waals surface area contributed by atoms with Crippen molar-refractivity contribution in [3.8, 4) is 0 Å². The number of nitrogens with zero attached hydrogens (tertiary/aromatic N) is 1. The summed E-state index contributed by atoms with van der Waals surface area (Å²) in [5, 5.41) is 0. The van der Waals surface area contributed by atoms with Crippen molar-refractivity contribution in [1.29, 1.82) is 0 Å². The van der Waals surface area contributed by atoms with Gasteiger partial charge in [-0.15, -0.1) is 23.1 Å². The summed E-state index contributed by atoms with van der Waals surface area (Å²) in [5.41, 5.74) is 1.19. The van der Waals surface area contributed by atoms with Gasteiger partial charge in [0.2, 0.25) is 0 Å². The Balaban J connectivity index is 2.44. The Morgan fingerprint density at radius 2 is 2.00 bits per heavy atom. The first-order valence-electron chi connectivity index (χ1n) is 5.00. The zero-order chi connectivity index (χ0) is 10.7. The van der Waals surface area contributed by atoms with E-state index in [0.29, 0.717) is 0 Å². The number of benzene rings is 1. The van der Waals surface area contributed by atoms with Crippen LogP contribution >= 0.6 is 34.9 Å². The molecular weight excluding hydrogens is 242 g/mol. The van der Waals surface area contributed by atoms with E-state index in [4.69, 9.17) is 0 Å². The van der Waals surface area contributed by atoms with E-state index in [2.05, 4.69) is 37.0 Å². The lowest BCUT2D eigenvalue weighted by molar-refractivity contribution is 1.27. The van der Waals surface area contributed by atoms with Gasteiger partial charge in [-0.3, -0.25) is 0 Å². The summed E-state index contributed by atoms with van der Waals surface area (Å²) in [4.78, 5) is 6.00. The minimum Gasteiger partial charge on any atom is -0.228 e. The number of hydrogen-bond donors (Lipinski definition) is 0. The Labute approximate surface area is 103 Å². The maximum absolute atomic E-state index is 4.68. The fourth-order valence-electron chi connectivity index (χ4n) is 1.36.